The summed E-state index contributed by atoms with van der Waals surface area (Å²) in [6.45, 7) is 5.76. The number of rotatable bonds is 9. The third-order valence-electron chi connectivity index (χ3n) is 2.81. The molecular weight excluding hydrogens is 312 g/mol. The van der Waals surface area contributed by atoms with E-state index >= 15 is 0 Å². The molecular formula is C18H30ClN2O2+. The van der Waals surface area contributed by atoms with Crippen LogP contribution in [-0.2, 0) is 4.74 Å². The lowest BCUT2D eigenvalue weighted by atomic mass is 10.3. The van der Waals surface area contributed by atoms with Crippen LogP contribution in [-0.4, -0.2) is 62.1 Å². The minimum absolute atomic E-state index is 0.385. The predicted octanol–water partition coefficient (Wildman–Crippen LogP) is 3.96. The number of hydrogen-bond acceptors (Lipinski definition) is 2. The topological polar surface area (TPSA) is 29.5 Å². The summed E-state index contributed by atoms with van der Waals surface area (Å²) in [7, 11) is 6.35. The average Bonchev–Trinajstić information content (AvgIpc) is 2.47. The Bertz CT molecular complexity index is 460. The molecule has 0 spiro atoms. The maximum Gasteiger partial charge on any atom is 0.415 e. The van der Waals surface area contributed by atoms with Crippen molar-refractivity contribution >= 4 is 17.7 Å². The molecule has 0 fully saturated rings. The van der Waals surface area contributed by atoms with E-state index in [1.165, 1.54) is 0 Å². The molecule has 0 unspecified atom stereocenters. The molecule has 0 saturated heterocycles. The Balaban J connectivity index is 4.96. The van der Waals surface area contributed by atoms with Crippen LogP contribution in [0.3, 0.4) is 0 Å². The molecule has 0 aromatic heterocycles. The van der Waals surface area contributed by atoms with Gasteiger partial charge >= 0.3 is 6.09 Å². The van der Waals surface area contributed by atoms with E-state index in [1.54, 1.807) is 17.1 Å². The molecule has 0 N–H and O–H groups in total. The number of hydrogen-bond donors (Lipinski definition) is 0. The van der Waals surface area contributed by atoms with Gasteiger partial charge in [0, 0.05) is 19.0 Å². The van der Waals surface area contributed by atoms with Gasteiger partial charge in [-0.1, -0.05) is 24.3 Å². The van der Waals surface area contributed by atoms with Crippen molar-refractivity contribution in [3.8, 4) is 0 Å². The van der Waals surface area contributed by atoms with Crippen LogP contribution in [0.2, 0.25) is 0 Å². The molecule has 0 aromatic rings. The van der Waals surface area contributed by atoms with Crippen molar-refractivity contribution < 1.29 is 14.0 Å². The van der Waals surface area contributed by atoms with E-state index in [0.717, 1.165) is 11.0 Å². The van der Waals surface area contributed by atoms with Gasteiger partial charge in [0.05, 0.1) is 27.7 Å². The molecule has 0 radical (unpaired) electrons. The zero-order valence-electron chi connectivity index (χ0n) is 15.0. The minimum atomic E-state index is -0.385. The number of amides is 1. The van der Waals surface area contributed by atoms with Gasteiger partial charge in [0.25, 0.3) is 0 Å². The molecule has 0 rings (SSSR count). The van der Waals surface area contributed by atoms with E-state index < -0.39 is 0 Å². The Labute approximate surface area is 145 Å². The highest BCUT2D eigenvalue weighted by molar-refractivity contribution is 6.18. The van der Waals surface area contributed by atoms with Gasteiger partial charge in [-0.05, 0) is 32.1 Å². The second-order valence-corrected chi connectivity index (χ2v) is 6.37. The van der Waals surface area contributed by atoms with E-state index in [2.05, 4.69) is 21.1 Å². The number of carbonyl (C=O) groups is 1. The second kappa shape index (κ2) is 12.0. The monoisotopic (exact) mass is 341 g/mol. The molecule has 1 amide bonds. The van der Waals surface area contributed by atoms with Gasteiger partial charge in [-0.25, -0.2) is 4.79 Å². The van der Waals surface area contributed by atoms with Crippen molar-refractivity contribution in [2.24, 2.45) is 0 Å². The van der Waals surface area contributed by atoms with Gasteiger partial charge in [0.2, 0.25) is 0 Å². The molecule has 0 aliphatic rings. The normalized spacial score (nSPS) is 13.4. The average molecular weight is 342 g/mol. The van der Waals surface area contributed by atoms with Crippen molar-refractivity contribution in [3.05, 3.63) is 48.3 Å². The lowest BCUT2D eigenvalue weighted by Crippen LogP contribution is -2.34. The Morgan fingerprint density at radius 3 is 2.43 bits per heavy atom. The Kier molecular flexibility index (Phi) is 11.2. The van der Waals surface area contributed by atoms with Crippen LogP contribution in [0, 0.1) is 0 Å². The largest absolute Gasteiger partial charge is 0.415 e. The van der Waals surface area contributed by atoms with Gasteiger partial charge in [-0.15, -0.1) is 11.6 Å². The zero-order chi connectivity index (χ0) is 17.7. The lowest BCUT2D eigenvalue weighted by molar-refractivity contribution is -0.864. The summed E-state index contributed by atoms with van der Waals surface area (Å²) in [5.41, 5.74) is 0. The number of halogens is 1. The van der Waals surface area contributed by atoms with Crippen LogP contribution in [0.5, 0.6) is 0 Å². The molecule has 0 aromatic carbocycles. The summed E-state index contributed by atoms with van der Waals surface area (Å²) in [4.78, 5) is 13.7. The number of ether oxygens (including phenoxy) is 1. The molecule has 4 nitrogen and oxygen atoms in total. The molecule has 0 aliphatic carbocycles. The Morgan fingerprint density at radius 1 is 1.22 bits per heavy atom. The fourth-order valence-corrected chi connectivity index (χ4v) is 1.77. The van der Waals surface area contributed by atoms with Crippen LogP contribution in [0.25, 0.3) is 0 Å². The lowest BCUT2D eigenvalue weighted by Gasteiger charge is -2.21. The summed E-state index contributed by atoms with van der Waals surface area (Å²) < 4.78 is 6.29. The summed E-state index contributed by atoms with van der Waals surface area (Å²) in [5.74, 6) is 0.888. The Hall–Kier alpha value is -1.52. The molecule has 0 bridgehead atoms. The van der Waals surface area contributed by atoms with E-state index in [1.807, 2.05) is 44.2 Å². The standard InChI is InChI=1S/C18H30ClN2O2/c1-6-8-9-12-17(13-10-11-16-21(3,4)5)23-18(22)20(7-2)15-14-19/h6,8-13H,7,14-16H2,1-5H3/q+1/b8-6+,11-10+,12-9+,17-13+. The highest BCUT2D eigenvalue weighted by Gasteiger charge is 2.13. The number of likely N-dealkylation sites (N-methyl/N-ethyl adjacent to an activating group) is 1. The van der Waals surface area contributed by atoms with Crippen molar-refractivity contribution in [1.29, 1.82) is 0 Å². The summed E-state index contributed by atoms with van der Waals surface area (Å²) in [6.07, 6.45) is 12.8. The van der Waals surface area contributed by atoms with Crippen LogP contribution in [0.4, 0.5) is 4.79 Å². The van der Waals surface area contributed by atoms with Gasteiger partial charge in [0.15, 0.2) is 0 Å². The van der Waals surface area contributed by atoms with Crippen molar-refractivity contribution in [1.82, 2.24) is 4.90 Å². The van der Waals surface area contributed by atoms with Crippen LogP contribution in [0.1, 0.15) is 13.8 Å². The summed E-state index contributed by atoms with van der Waals surface area (Å²) >= 11 is 5.70. The number of alkyl halides is 1. The quantitative estimate of drug-likeness (QED) is 0.275. The first-order chi connectivity index (χ1) is 10.8. The maximum atomic E-state index is 12.1. The van der Waals surface area contributed by atoms with Crippen molar-refractivity contribution in [2.45, 2.75) is 13.8 Å². The van der Waals surface area contributed by atoms with E-state index in [-0.39, 0.29) is 6.09 Å². The summed E-state index contributed by atoms with van der Waals surface area (Å²) in [5, 5.41) is 0. The molecule has 0 atom stereocenters. The molecule has 0 saturated carbocycles. The Morgan fingerprint density at radius 2 is 1.91 bits per heavy atom. The SMILES string of the molecule is C/C=C/C=C/C(=C\C=C\C[N+](C)(C)C)OC(=O)N(CC)CCCl. The van der Waals surface area contributed by atoms with E-state index in [9.17, 15) is 4.79 Å². The predicted molar refractivity (Wildman–Crippen MR) is 98.5 cm³/mol. The second-order valence-electron chi connectivity index (χ2n) is 5.99. The molecule has 0 heterocycles. The third kappa shape index (κ3) is 11.7. The first-order valence-electron chi connectivity index (χ1n) is 7.83. The molecule has 23 heavy (non-hydrogen) atoms. The number of carbonyl (C=O) groups excluding carboxylic acids is 1. The van der Waals surface area contributed by atoms with Crippen LogP contribution in [0.15, 0.2) is 48.3 Å². The highest BCUT2D eigenvalue weighted by atomic mass is 35.5. The summed E-state index contributed by atoms with van der Waals surface area (Å²) in [6, 6.07) is 0. The molecule has 5 heteroatoms. The first kappa shape index (κ1) is 21.5. The van der Waals surface area contributed by atoms with Gasteiger partial charge in [-0.2, -0.15) is 0 Å². The highest BCUT2D eigenvalue weighted by Crippen LogP contribution is 2.06. The van der Waals surface area contributed by atoms with E-state index in [0.29, 0.717) is 24.7 Å². The van der Waals surface area contributed by atoms with Gasteiger partial charge in [0.1, 0.15) is 5.76 Å². The molecule has 0 aliphatic heterocycles. The third-order valence-corrected chi connectivity index (χ3v) is 2.98. The van der Waals surface area contributed by atoms with Gasteiger partial charge < -0.3 is 14.1 Å². The number of nitrogens with zero attached hydrogens (tertiary/aromatic N) is 2. The smallest absolute Gasteiger partial charge is 0.410 e. The van der Waals surface area contributed by atoms with E-state index in [4.69, 9.17) is 16.3 Å². The fraction of sp³-hybridized carbons (Fsp3) is 0.500. The van der Waals surface area contributed by atoms with Crippen LogP contribution < -0.4 is 0 Å². The zero-order valence-corrected chi connectivity index (χ0v) is 15.7. The van der Waals surface area contributed by atoms with Crippen molar-refractivity contribution in [2.75, 3.05) is 46.7 Å². The molecule has 130 valence electrons. The first-order valence-corrected chi connectivity index (χ1v) is 8.36. The van der Waals surface area contributed by atoms with Crippen LogP contribution >= 0.6 is 11.6 Å². The number of allylic oxidation sites excluding steroid dienone is 6. The number of quaternary nitrogens is 1. The maximum absolute atomic E-state index is 12.1. The van der Waals surface area contributed by atoms with Crippen molar-refractivity contribution in [3.63, 3.8) is 0 Å². The van der Waals surface area contributed by atoms with Gasteiger partial charge in [-0.3, -0.25) is 0 Å². The fourth-order valence-electron chi connectivity index (χ4n) is 1.57. The minimum Gasteiger partial charge on any atom is -0.410 e.